The van der Waals surface area contributed by atoms with Gasteiger partial charge in [-0.2, -0.15) is 0 Å². The summed E-state index contributed by atoms with van der Waals surface area (Å²) >= 11 is 0. The van der Waals surface area contributed by atoms with Crippen LogP contribution in [0, 0.1) is 0 Å². The van der Waals surface area contributed by atoms with E-state index in [4.69, 9.17) is 17.2 Å². The molecule has 5 amide bonds. The molecule has 204 valence electrons. The monoisotopic (exact) mass is 526 g/mol. The average Bonchev–Trinajstić information content (AvgIpc) is 3.31. The standard InChI is InChI=1S/C20H30N8O9/c21-10(1-3-14(22)29)17(33)27-12(5-9-7-24-8-25-9)18(34)28-13(6-16(31)32)19(35)26-11(20(36)37)2-4-15(23)30/h7-8,10-13H,1-6,21H2,(H2,22,29)(H2,23,30)(H,24,25)(H,26,35)(H,27,33)(H,28,34)(H,31,32)(H,36,37). The molecule has 0 bridgehead atoms. The highest BCUT2D eigenvalue weighted by molar-refractivity contribution is 5.95. The number of nitrogens with zero attached hydrogens (tertiary/aromatic N) is 1. The van der Waals surface area contributed by atoms with Gasteiger partial charge in [-0.25, -0.2) is 9.78 Å². The molecule has 0 aliphatic rings. The Balaban J connectivity index is 3.04. The van der Waals surface area contributed by atoms with Crippen LogP contribution >= 0.6 is 0 Å². The first-order chi connectivity index (χ1) is 17.3. The number of nitrogens with one attached hydrogen (secondary N) is 4. The normalized spacial score (nSPS) is 13.9. The van der Waals surface area contributed by atoms with Gasteiger partial charge in [0.25, 0.3) is 0 Å². The van der Waals surface area contributed by atoms with E-state index in [1.165, 1.54) is 12.5 Å². The third-order valence-corrected chi connectivity index (χ3v) is 4.96. The summed E-state index contributed by atoms with van der Waals surface area (Å²) in [7, 11) is 0. The zero-order valence-electron chi connectivity index (χ0n) is 19.6. The Bertz CT molecular complexity index is 998. The van der Waals surface area contributed by atoms with Crippen molar-refractivity contribution in [3.8, 4) is 0 Å². The Morgan fingerprint density at radius 1 is 0.838 bits per heavy atom. The van der Waals surface area contributed by atoms with Crippen LogP contribution in [0.25, 0.3) is 0 Å². The third kappa shape index (κ3) is 11.6. The number of primary amides is 2. The van der Waals surface area contributed by atoms with Crippen molar-refractivity contribution < 1.29 is 43.8 Å². The van der Waals surface area contributed by atoms with E-state index < -0.39 is 72.1 Å². The number of carbonyl (C=O) groups excluding carboxylic acids is 5. The van der Waals surface area contributed by atoms with Gasteiger partial charge in [0.2, 0.25) is 29.5 Å². The molecule has 0 radical (unpaired) electrons. The number of aliphatic carboxylic acids is 2. The van der Waals surface area contributed by atoms with Crippen molar-refractivity contribution in [3.63, 3.8) is 0 Å². The lowest BCUT2D eigenvalue weighted by Gasteiger charge is -2.24. The van der Waals surface area contributed by atoms with E-state index in [1.54, 1.807) is 0 Å². The quantitative estimate of drug-likeness (QED) is 0.0937. The van der Waals surface area contributed by atoms with Crippen LogP contribution in [-0.2, 0) is 40.0 Å². The Kier molecular flexibility index (Phi) is 12.2. The van der Waals surface area contributed by atoms with Gasteiger partial charge in [0, 0.05) is 31.2 Å². The lowest BCUT2D eigenvalue weighted by Crippen LogP contribution is -2.58. The van der Waals surface area contributed by atoms with Crippen molar-refractivity contribution in [1.82, 2.24) is 25.9 Å². The van der Waals surface area contributed by atoms with Gasteiger partial charge in [-0.1, -0.05) is 0 Å². The average molecular weight is 527 g/mol. The summed E-state index contributed by atoms with van der Waals surface area (Å²) in [4.78, 5) is 89.3. The molecule has 0 saturated carbocycles. The van der Waals surface area contributed by atoms with Crippen LogP contribution in [0.15, 0.2) is 12.5 Å². The van der Waals surface area contributed by atoms with Gasteiger partial charge >= 0.3 is 11.9 Å². The molecule has 0 saturated heterocycles. The SMILES string of the molecule is NC(=O)CCC(N)C(=O)NC(Cc1cnc[nH]1)C(=O)NC(CC(=O)O)C(=O)NC(CCC(N)=O)C(=O)O. The minimum absolute atomic E-state index is 0.106. The van der Waals surface area contributed by atoms with Crippen LogP contribution in [0.2, 0.25) is 0 Å². The number of H-pyrrole nitrogens is 1. The van der Waals surface area contributed by atoms with Crippen molar-refractivity contribution in [2.24, 2.45) is 17.2 Å². The van der Waals surface area contributed by atoms with E-state index in [0.29, 0.717) is 5.69 Å². The van der Waals surface area contributed by atoms with E-state index in [-0.39, 0.29) is 32.1 Å². The molecule has 4 unspecified atom stereocenters. The fourth-order valence-corrected chi connectivity index (χ4v) is 3.01. The summed E-state index contributed by atoms with van der Waals surface area (Å²) in [6.07, 6.45) is 0.535. The molecule has 12 N–H and O–H groups in total. The molecule has 0 spiro atoms. The van der Waals surface area contributed by atoms with Gasteiger partial charge in [-0.15, -0.1) is 0 Å². The first-order valence-corrected chi connectivity index (χ1v) is 10.9. The van der Waals surface area contributed by atoms with Crippen molar-refractivity contribution in [2.45, 2.75) is 62.7 Å². The van der Waals surface area contributed by atoms with E-state index in [9.17, 15) is 43.8 Å². The topological polar surface area (TPSA) is 303 Å². The molecule has 17 nitrogen and oxygen atoms in total. The number of carboxylic acid groups (broad SMARTS) is 2. The number of rotatable bonds is 17. The number of imidazole rings is 1. The smallest absolute Gasteiger partial charge is 0.326 e. The number of carboxylic acids is 2. The van der Waals surface area contributed by atoms with Gasteiger partial charge in [-0.05, 0) is 12.8 Å². The number of hydrogen-bond donors (Lipinski definition) is 9. The molecule has 0 aromatic carbocycles. The van der Waals surface area contributed by atoms with Gasteiger partial charge in [-0.3, -0.25) is 28.8 Å². The molecular formula is C20H30N8O9. The van der Waals surface area contributed by atoms with E-state index in [1.807, 2.05) is 0 Å². The van der Waals surface area contributed by atoms with Crippen LogP contribution in [0.4, 0.5) is 0 Å². The van der Waals surface area contributed by atoms with Crippen LogP contribution < -0.4 is 33.2 Å². The molecule has 4 atom stereocenters. The zero-order chi connectivity index (χ0) is 28.1. The van der Waals surface area contributed by atoms with Gasteiger partial charge < -0.3 is 48.3 Å². The highest BCUT2D eigenvalue weighted by Crippen LogP contribution is 2.05. The molecule has 1 heterocycles. The molecule has 1 aromatic heterocycles. The fourth-order valence-electron chi connectivity index (χ4n) is 3.01. The maximum absolute atomic E-state index is 13.0. The highest BCUT2D eigenvalue weighted by atomic mass is 16.4. The third-order valence-electron chi connectivity index (χ3n) is 4.96. The second-order valence-electron chi connectivity index (χ2n) is 8.02. The largest absolute Gasteiger partial charge is 0.481 e. The summed E-state index contributed by atoms with van der Waals surface area (Å²) in [6, 6.07) is -5.91. The van der Waals surface area contributed by atoms with Crippen molar-refractivity contribution >= 4 is 41.5 Å². The summed E-state index contributed by atoms with van der Waals surface area (Å²) in [6.45, 7) is 0. The summed E-state index contributed by atoms with van der Waals surface area (Å²) in [5, 5.41) is 25.1. The van der Waals surface area contributed by atoms with Crippen LogP contribution in [0.1, 0.15) is 37.8 Å². The second kappa shape index (κ2) is 14.8. The fraction of sp³-hybridized carbons (Fsp3) is 0.500. The minimum atomic E-state index is -1.75. The zero-order valence-corrected chi connectivity index (χ0v) is 19.6. The highest BCUT2D eigenvalue weighted by Gasteiger charge is 2.32. The molecule has 0 fully saturated rings. The number of nitrogens with two attached hydrogens (primary N) is 3. The minimum Gasteiger partial charge on any atom is -0.481 e. The van der Waals surface area contributed by atoms with Crippen LogP contribution in [0.3, 0.4) is 0 Å². The Morgan fingerprint density at radius 3 is 1.89 bits per heavy atom. The van der Waals surface area contributed by atoms with Crippen molar-refractivity contribution in [2.75, 3.05) is 0 Å². The Hall–Kier alpha value is -4.54. The second-order valence-corrected chi connectivity index (χ2v) is 8.02. The summed E-state index contributed by atoms with van der Waals surface area (Å²) in [5.74, 6) is -7.47. The van der Waals surface area contributed by atoms with Crippen LogP contribution in [-0.4, -0.2) is 85.8 Å². The Morgan fingerprint density at radius 2 is 1.38 bits per heavy atom. The maximum atomic E-state index is 13.0. The number of aromatic amines is 1. The first kappa shape index (κ1) is 30.5. The maximum Gasteiger partial charge on any atom is 0.326 e. The van der Waals surface area contributed by atoms with E-state index in [0.717, 1.165) is 0 Å². The molecule has 37 heavy (non-hydrogen) atoms. The van der Waals surface area contributed by atoms with Crippen molar-refractivity contribution in [3.05, 3.63) is 18.2 Å². The molecule has 17 heteroatoms. The number of amides is 5. The summed E-state index contributed by atoms with van der Waals surface area (Å²) in [5.41, 5.74) is 16.2. The van der Waals surface area contributed by atoms with Gasteiger partial charge in [0.15, 0.2) is 0 Å². The predicted molar refractivity (Wildman–Crippen MR) is 123 cm³/mol. The number of hydrogen-bond acceptors (Lipinski definition) is 9. The lowest BCUT2D eigenvalue weighted by molar-refractivity contribution is -0.144. The summed E-state index contributed by atoms with van der Waals surface area (Å²) < 4.78 is 0. The first-order valence-electron chi connectivity index (χ1n) is 10.9. The molecule has 1 aromatic rings. The molecule has 1 rings (SSSR count). The lowest BCUT2D eigenvalue weighted by atomic mass is 10.1. The van der Waals surface area contributed by atoms with Crippen molar-refractivity contribution in [1.29, 1.82) is 0 Å². The molecule has 0 aliphatic carbocycles. The van der Waals surface area contributed by atoms with Gasteiger partial charge in [0.05, 0.1) is 18.8 Å². The van der Waals surface area contributed by atoms with E-state index >= 15 is 0 Å². The number of aromatic nitrogens is 2. The molecule has 0 aliphatic heterocycles. The molecular weight excluding hydrogens is 496 g/mol. The van der Waals surface area contributed by atoms with Crippen LogP contribution in [0.5, 0.6) is 0 Å². The van der Waals surface area contributed by atoms with Gasteiger partial charge in [0.1, 0.15) is 18.1 Å². The number of carbonyl (C=O) groups is 7. The van der Waals surface area contributed by atoms with E-state index in [2.05, 4.69) is 25.9 Å². The predicted octanol–water partition coefficient (Wildman–Crippen LogP) is -4.18. The Labute approximate surface area is 209 Å².